The van der Waals surface area contributed by atoms with E-state index in [2.05, 4.69) is 63.9 Å². The van der Waals surface area contributed by atoms with Crippen LogP contribution < -0.4 is 15.0 Å². The number of nitrogens with one attached hydrogen (secondary N) is 1. The predicted octanol–water partition coefficient (Wildman–Crippen LogP) is 3.78. The third kappa shape index (κ3) is 4.96. The van der Waals surface area contributed by atoms with Crippen molar-refractivity contribution < 1.29 is 4.74 Å². The van der Waals surface area contributed by atoms with Gasteiger partial charge in [-0.15, -0.1) is 0 Å². The van der Waals surface area contributed by atoms with Gasteiger partial charge in [-0.25, -0.2) is 4.98 Å². The Morgan fingerprint density at radius 1 is 1.17 bits per heavy atom. The van der Waals surface area contributed by atoms with Crippen LogP contribution in [0.1, 0.15) is 29.5 Å². The van der Waals surface area contributed by atoms with E-state index in [1.54, 1.807) is 7.11 Å². The molecule has 3 heterocycles. The number of ether oxygens (including phenoxy) is 1. The topological polar surface area (TPSA) is 40.6 Å². The fraction of sp³-hybridized carbons (Fsp3) is 0.480. The third-order valence-corrected chi connectivity index (χ3v) is 6.49. The number of aromatic nitrogens is 1. The van der Waals surface area contributed by atoms with Crippen molar-refractivity contribution in [3.63, 3.8) is 0 Å². The Morgan fingerprint density at radius 2 is 2.00 bits per heavy atom. The zero-order chi connectivity index (χ0) is 20.9. The van der Waals surface area contributed by atoms with Gasteiger partial charge in [0.1, 0.15) is 11.6 Å². The molecule has 2 aliphatic heterocycles. The van der Waals surface area contributed by atoms with Gasteiger partial charge in [0.05, 0.1) is 7.11 Å². The monoisotopic (exact) mass is 406 g/mol. The van der Waals surface area contributed by atoms with Gasteiger partial charge in [0, 0.05) is 57.1 Å². The molecule has 30 heavy (non-hydrogen) atoms. The molecule has 1 saturated heterocycles. The molecule has 0 unspecified atom stereocenters. The first kappa shape index (κ1) is 20.7. The molecule has 160 valence electrons. The maximum Gasteiger partial charge on any atom is 0.128 e. The molecule has 0 saturated carbocycles. The summed E-state index contributed by atoms with van der Waals surface area (Å²) in [7, 11) is 1.73. The summed E-state index contributed by atoms with van der Waals surface area (Å²) in [6, 6.07) is 10.7. The van der Waals surface area contributed by atoms with E-state index in [-0.39, 0.29) is 0 Å². The minimum atomic E-state index is 0.557. The summed E-state index contributed by atoms with van der Waals surface area (Å²) in [5.74, 6) is 2.62. The van der Waals surface area contributed by atoms with Gasteiger partial charge in [-0.1, -0.05) is 18.7 Å². The largest absolute Gasteiger partial charge is 0.497 e. The van der Waals surface area contributed by atoms with Crippen molar-refractivity contribution in [1.82, 2.24) is 15.2 Å². The summed E-state index contributed by atoms with van der Waals surface area (Å²) < 4.78 is 5.35. The Bertz CT molecular complexity index is 856. The molecule has 1 aromatic carbocycles. The lowest BCUT2D eigenvalue weighted by atomic mass is 9.94. The molecule has 1 aromatic heterocycles. The lowest BCUT2D eigenvalue weighted by Gasteiger charge is -2.34. The van der Waals surface area contributed by atoms with Gasteiger partial charge < -0.3 is 15.0 Å². The molecule has 1 fully saturated rings. The minimum absolute atomic E-state index is 0.557. The van der Waals surface area contributed by atoms with E-state index in [0.29, 0.717) is 5.92 Å². The highest BCUT2D eigenvalue weighted by molar-refractivity contribution is 5.40. The minimum Gasteiger partial charge on any atom is -0.497 e. The molecule has 0 amide bonds. The van der Waals surface area contributed by atoms with Crippen LogP contribution >= 0.6 is 0 Å². The Hall–Kier alpha value is -2.53. The van der Waals surface area contributed by atoms with Gasteiger partial charge in [0.15, 0.2) is 0 Å². The number of fused-ring (bicyclic) bond motifs is 1. The van der Waals surface area contributed by atoms with Gasteiger partial charge in [0.2, 0.25) is 0 Å². The molecule has 5 heteroatoms. The second kappa shape index (κ2) is 9.52. The van der Waals surface area contributed by atoms with Crippen molar-refractivity contribution in [2.75, 3.05) is 44.7 Å². The molecule has 0 atom stereocenters. The summed E-state index contributed by atoms with van der Waals surface area (Å²) in [5.41, 5.74) is 5.27. The fourth-order valence-electron chi connectivity index (χ4n) is 4.53. The fourth-order valence-corrected chi connectivity index (χ4v) is 4.53. The highest BCUT2D eigenvalue weighted by Gasteiger charge is 2.22. The molecular formula is C25H34N4O. The van der Waals surface area contributed by atoms with Crippen LogP contribution in [0.15, 0.2) is 48.8 Å². The average Bonchev–Trinajstić information content (AvgIpc) is 2.79. The molecule has 0 radical (unpaired) electrons. The maximum absolute atomic E-state index is 5.35. The summed E-state index contributed by atoms with van der Waals surface area (Å²) in [5, 5.41) is 3.61. The standard InChI is InChI=1S/C25H34N4O/c1-19-4-7-25(27-17-19)29-13-9-21(10-14-29)20(2)26-11-15-28-12-8-22-16-24(30-3)6-5-23(22)18-28/h4-7,16-17,21,26H,2,8-15,18H2,1,3H3. The molecule has 2 aliphatic rings. The molecule has 0 bridgehead atoms. The number of nitrogens with zero attached hydrogens (tertiary/aromatic N) is 3. The number of pyridine rings is 1. The first-order valence-corrected chi connectivity index (χ1v) is 11.1. The Kier molecular flexibility index (Phi) is 6.58. The van der Waals surface area contributed by atoms with Crippen molar-refractivity contribution in [2.24, 2.45) is 5.92 Å². The van der Waals surface area contributed by atoms with E-state index in [9.17, 15) is 0 Å². The van der Waals surface area contributed by atoms with Crippen molar-refractivity contribution in [3.05, 3.63) is 65.5 Å². The Labute approximate surface area is 180 Å². The molecule has 0 spiro atoms. The first-order valence-electron chi connectivity index (χ1n) is 11.1. The second-order valence-corrected chi connectivity index (χ2v) is 8.57. The smallest absolute Gasteiger partial charge is 0.128 e. The number of rotatable bonds is 7. The number of hydrogen-bond donors (Lipinski definition) is 1. The number of allylic oxidation sites excluding steroid dienone is 1. The predicted molar refractivity (Wildman–Crippen MR) is 123 cm³/mol. The molecule has 0 aliphatic carbocycles. The van der Waals surface area contributed by atoms with E-state index >= 15 is 0 Å². The van der Waals surface area contributed by atoms with Crippen molar-refractivity contribution in [1.29, 1.82) is 0 Å². The van der Waals surface area contributed by atoms with E-state index in [1.807, 2.05) is 6.20 Å². The maximum atomic E-state index is 5.35. The Morgan fingerprint density at radius 3 is 2.73 bits per heavy atom. The van der Waals surface area contributed by atoms with Crippen LogP contribution in [0.3, 0.4) is 0 Å². The third-order valence-electron chi connectivity index (χ3n) is 6.49. The summed E-state index contributed by atoms with van der Waals surface area (Å²) in [4.78, 5) is 9.50. The van der Waals surface area contributed by atoms with Crippen LogP contribution in [0.2, 0.25) is 0 Å². The van der Waals surface area contributed by atoms with E-state index in [1.165, 1.54) is 22.4 Å². The second-order valence-electron chi connectivity index (χ2n) is 8.57. The Balaban J connectivity index is 1.19. The summed E-state index contributed by atoms with van der Waals surface area (Å²) in [6.07, 6.45) is 5.33. The van der Waals surface area contributed by atoms with E-state index < -0.39 is 0 Å². The first-order chi connectivity index (χ1) is 14.6. The van der Waals surface area contributed by atoms with Crippen LogP contribution in [0.4, 0.5) is 5.82 Å². The number of methoxy groups -OCH3 is 1. The molecule has 2 aromatic rings. The lowest BCUT2D eigenvalue weighted by molar-refractivity contribution is 0.254. The normalized spacial score (nSPS) is 17.5. The highest BCUT2D eigenvalue weighted by Crippen LogP contribution is 2.26. The van der Waals surface area contributed by atoms with E-state index in [4.69, 9.17) is 4.74 Å². The van der Waals surface area contributed by atoms with Crippen molar-refractivity contribution in [2.45, 2.75) is 32.7 Å². The van der Waals surface area contributed by atoms with Crippen LogP contribution in [-0.2, 0) is 13.0 Å². The van der Waals surface area contributed by atoms with Crippen LogP contribution in [-0.4, -0.2) is 49.7 Å². The van der Waals surface area contributed by atoms with Gasteiger partial charge in [-0.2, -0.15) is 0 Å². The lowest BCUT2D eigenvalue weighted by Crippen LogP contribution is -2.39. The van der Waals surface area contributed by atoms with Gasteiger partial charge in [0.25, 0.3) is 0 Å². The number of aryl methyl sites for hydroxylation is 1. The van der Waals surface area contributed by atoms with Crippen LogP contribution in [0.5, 0.6) is 5.75 Å². The number of hydrogen-bond acceptors (Lipinski definition) is 5. The van der Waals surface area contributed by atoms with E-state index in [0.717, 1.165) is 70.1 Å². The van der Waals surface area contributed by atoms with Crippen LogP contribution in [0, 0.1) is 12.8 Å². The highest BCUT2D eigenvalue weighted by atomic mass is 16.5. The van der Waals surface area contributed by atoms with Crippen molar-refractivity contribution in [3.8, 4) is 5.75 Å². The summed E-state index contributed by atoms with van der Waals surface area (Å²) >= 11 is 0. The number of benzene rings is 1. The van der Waals surface area contributed by atoms with Crippen molar-refractivity contribution >= 4 is 5.82 Å². The SMILES string of the molecule is C=C(NCCN1CCc2cc(OC)ccc2C1)C1CCN(c2ccc(C)cn2)CC1. The molecule has 1 N–H and O–H groups in total. The van der Waals surface area contributed by atoms with Gasteiger partial charge >= 0.3 is 0 Å². The summed E-state index contributed by atoms with van der Waals surface area (Å²) in [6.45, 7) is 12.7. The van der Waals surface area contributed by atoms with Gasteiger partial charge in [-0.05, 0) is 61.1 Å². The zero-order valence-corrected chi connectivity index (χ0v) is 18.4. The zero-order valence-electron chi connectivity index (χ0n) is 18.4. The van der Waals surface area contributed by atoms with Crippen LogP contribution in [0.25, 0.3) is 0 Å². The molecular weight excluding hydrogens is 372 g/mol. The molecule has 5 nitrogen and oxygen atoms in total. The quantitative estimate of drug-likeness (QED) is 0.758. The van der Waals surface area contributed by atoms with Gasteiger partial charge in [-0.3, -0.25) is 4.90 Å². The molecule has 4 rings (SSSR count). The number of anilines is 1. The average molecular weight is 407 g/mol. The number of piperidine rings is 1.